The Hall–Kier alpha value is -2.88. The van der Waals surface area contributed by atoms with Crippen LogP contribution in [0, 0.1) is 13.8 Å². The first-order valence-electron chi connectivity index (χ1n) is 8.10. The molecule has 1 amide bonds. The van der Waals surface area contributed by atoms with Crippen molar-refractivity contribution in [3.05, 3.63) is 70.9 Å². The fourth-order valence-electron chi connectivity index (χ4n) is 3.07. The molecule has 4 nitrogen and oxygen atoms in total. The summed E-state index contributed by atoms with van der Waals surface area (Å²) in [7, 11) is 0. The van der Waals surface area contributed by atoms with E-state index in [2.05, 4.69) is 41.1 Å². The van der Waals surface area contributed by atoms with E-state index in [0.29, 0.717) is 5.56 Å². The largest absolute Gasteiger partial charge is 0.344 e. The van der Waals surface area contributed by atoms with Crippen molar-refractivity contribution >= 4 is 23.0 Å². The molecule has 0 bridgehead atoms. The Morgan fingerprint density at radius 3 is 2.58 bits per heavy atom. The van der Waals surface area contributed by atoms with Crippen LogP contribution < -0.4 is 5.43 Å². The SMILES string of the molecule is CCn1c(C)c(/C=N/NC(=O)c2ccccc2C)c2ccccc21. The summed E-state index contributed by atoms with van der Waals surface area (Å²) in [5, 5.41) is 5.32. The Bertz CT molecular complexity index is 922. The van der Waals surface area contributed by atoms with Crippen LogP contribution in [0.1, 0.15) is 34.1 Å². The summed E-state index contributed by atoms with van der Waals surface area (Å²) in [6.07, 6.45) is 1.74. The molecular formula is C20H21N3O. The highest BCUT2D eigenvalue weighted by atomic mass is 16.2. The molecule has 0 aliphatic heterocycles. The Balaban J connectivity index is 1.88. The molecule has 1 aromatic heterocycles. The van der Waals surface area contributed by atoms with Gasteiger partial charge in [-0.1, -0.05) is 36.4 Å². The number of amides is 1. The number of aryl methyl sites for hydroxylation is 2. The third kappa shape index (κ3) is 2.83. The van der Waals surface area contributed by atoms with Gasteiger partial charge >= 0.3 is 0 Å². The van der Waals surface area contributed by atoms with Crippen LogP contribution in [0.25, 0.3) is 10.9 Å². The van der Waals surface area contributed by atoms with E-state index in [1.54, 1.807) is 12.3 Å². The number of nitrogens with one attached hydrogen (secondary N) is 1. The van der Waals surface area contributed by atoms with Crippen LogP contribution in [0.2, 0.25) is 0 Å². The first-order valence-corrected chi connectivity index (χ1v) is 8.10. The molecule has 1 N–H and O–H groups in total. The Labute approximate surface area is 141 Å². The van der Waals surface area contributed by atoms with Crippen LogP contribution in [0.3, 0.4) is 0 Å². The molecule has 0 radical (unpaired) electrons. The second-order valence-corrected chi connectivity index (χ2v) is 5.77. The monoisotopic (exact) mass is 319 g/mol. The van der Waals surface area contributed by atoms with Gasteiger partial charge in [0.2, 0.25) is 0 Å². The van der Waals surface area contributed by atoms with Gasteiger partial charge in [0.05, 0.1) is 6.21 Å². The zero-order valence-electron chi connectivity index (χ0n) is 14.2. The number of rotatable bonds is 4. The van der Waals surface area contributed by atoms with Crippen molar-refractivity contribution in [1.29, 1.82) is 0 Å². The molecular weight excluding hydrogens is 298 g/mol. The highest BCUT2D eigenvalue weighted by molar-refractivity contribution is 6.02. The number of hydrogen-bond acceptors (Lipinski definition) is 2. The van der Waals surface area contributed by atoms with Crippen molar-refractivity contribution in [1.82, 2.24) is 9.99 Å². The van der Waals surface area contributed by atoms with Crippen LogP contribution >= 0.6 is 0 Å². The van der Waals surface area contributed by atoms with Crippen LogP contribution in [0.5, 0.6) is 0 Å². The first-order chi connectivity index (χ1) is 11.6. The third-order valence-corrected chi connectivity index (χ3v) is 4.35. The predicted octanol–water partition coefficient (Wildman–Crippen LogP) is 4.04. The number of fused-ring (bicyclic) bond motifs is 1. The molecule has 122 valence electrons. The molecule has 3 aromatic rings. The summed E-state index contributed by atoms with van der Waals surface area (Å²) in [5.41, 5.74) is 7.57. The fourth-order valence-corrected chi connectivity index (χ4v) is 3.07. The minimum Gasteiger partial charge on any atom is -0.344 e. The third-order valence-electron chi connectivity index (χ3n) is 4.35. The number of carbonyl (C=O) groups excluding carboxylic acids is 1. The molecule has 0 saturated carbocycles. The topological polar surface area (TPSA) is 46.4 Å². The highest BCUT2D eigenvalue weighted by Gasteiger charge is 2.11. The summed E-state index contributed by atoms with van der Waals surface area (Å²) < 4.78 is 2.25. The van der Waals surface area contributed by atoms with Gasteiger partial charge < -0.3 is 4.57 Å². The predicted molar refractivity (Wildman–Crippen MR) is 98.6 cm³/mol. The van der Waals surface area contributed by atoms with Crippen LogP contribution in [0.15, 0.2) is 53.6 Å². The fraction of sp³-hybridized carbons (Fsp3) is 0.200. The summed E-state index contributed by atoms with van der Waals surface area (Å²) in [6, 6.07) is 15.7. The lowest BCUT2D eigenvalue weighted by atomic mass is 10.1. The van der Waals surface area contributed by atoms with Crippen LogP contribution in [0.4, 0.5) is 0 Å². The standard InChI is InChI=1S/C20H21N3O/c1-4-23-15(3)18(17-11-7-8-12-19(17)23)13-21-22-20(24)16-10-6-5-9-14(16)2/h5-13H,4H2,1-3H3,(H,22,24)/b21-13+. The second kappa shape index (κ2) is 6.71. The lowest BCUT2D eigenvalue weighted by Crippen LogP contribution is -2.18. The summed E-state index contributed by atoms with van der Waals surface area (Å²) in [4.78, 5) is 12.2. The zero-order valence-corrected chi connectivity index (χ0v) is 14.2. The van der Waals surface area contributed by atoms with Gasteiger partial charge in [0.1, 0.15) is 0 Å². The van der Waals surface area contributed by atoms with Crippen molar-refractivity contribution in [2.75, 3.05) is 0 Å². The molecule has 0 aliphatic rings. The van der Waals surface area contributed by atoms with Gasteiger partial charge in [0, 0.05) is 34.3 Å². The van der Waals surface area contributed by atoms with E-state index in [4.69, 9.17) is 0 Å². The zero-order chi connectivity index (χ0) is 17.1. The molecule has 4 heteroatoms. The molecule has 2 aromatic carbocycles. The molecule has 0 aliphatic carbocycles. The molecule has 0 unspecified atom stereocenters. The van der Waals surface area contributed by atoms with Crippen molar-refractivity contribution in [2.45, 2.75) is 27.3 Å². The van der Waals surface area contributed by atoms with Crippen molar-refractivity contribution in [3.8, 4) is 0 Å². The maximum absolute atomic E-state index is 12.2. The minimum absolute atomic E-state index is 0.193. The van der Waals surface area contributed by atoms with Gasteiger partial charge in [-0.15, -0.1) is 0 Å². The molecule has 0 fully saturated rings. The number of hydrazone groups is 1. The number of carbonyl (C=O) groups is 1. The smallest absolute Gasteiger partial charge is 0.271 e. The maximum Gasteiger partial charge on any atom is 0.271 e. The highest BCUT2D eigenvalue weighted by Crippen LogP contribution is 2.24. The first kappa shape index (κ1) is 16.0. The minimum atomic E-state index is -0.193. The van der Waals surface area contributed by atoms with Gasteiger partial charge in [0.25, 0.3) is 5.91 Å². The van der Waals surface area contributed by atoms with E-state index in [-0.39, 0.29) is 5.91 Å². The van der Waals surface area contributed by atoms with Gasteiger partial charge in [-0.25, -0.2) is 5.43 Å². The molecule has 0 spiro atoms. The Kier molecular flexibility index (Phi) is 4.47. The molecule has 0 atom stereocenters. The Morgan fingerprint density at radius 2 is 1.83 bits per heavy atom. The number of benzene rings is 2. The summed E-state index contributed by atoms with van der Waals surface area (Å²) in [5.74, 6) is -0.193. The van der Waals surface area contributed by atoms with E-state index in [0.717, 1.165) is 28.8 Å². The number of para-hydroxylation sites is 1. The van der Waals surface area contributed by atoms with Crippen molar-refractivity contribution < 1.29 is 4.79 Å². The van der Waals surface area contributed by atoms with E-state index in [1.807, 2.05) is 37.3 Å². The van der Waals surface area contributed by atoms with Gasteiger partial charge in [-0.05, 0) is 38.5 Å². The van der Waals surface area contributed by atoms with Crippen LogP contribution in [-0.2, 0) is 6.54 Å². The average molecular weight is 319 g/mol. The van der Waals surface area contributed by atoms with Gasteiger partial charge in [-0.2, -0.15) is 5.10 Å². The maximum atomic E-state index is 12.2. The van der Waals surface area contributed by atoms with E-state index < -0.39 is 0 Å². The normalized spacial score (nSPS) is 11.3. The van der Waals surface area contributed by atoms with E-state index in [1.165, 1.54) is 5.52 Å². The van der Waals surface area contributed by atoms with Gasteiger partial charge in [0.15, 0.2) is 0 Å². The summed E-state index contributed by atoms with van der Waals surface area (Å²) in [6.45, 7) is 7.02. The molecule has 0 saturated heterocycles. The second-order valence-electron chi connectivity index (χ2n) is 5.77. The lowest BCUT2D eigenvalue weighted by Gasteiger charge is -2.04. The number of hydrogen-bond donors (Lipinski definition) is 1. The summed E-state index contributed by atoms with van der Waals surface area (Å²) >= 11 is 0. The molecule has 24 heavy (non-hydrogen) atoms. The number of aromatic nitrogens is 1. The van der Waals surface area contributed by atoms with Crippen LogP contribution in [-0.4, -0.2) is 16.7 Å². The average Bonchev–Trinajstić information content (AvgIpc) is 2.86. The van der Waals surface area contributed by atoms with Crippen molar-refractivity contribution in [3.63, 3.8) is 0 Å². The van der Waals surface area contributed by atoms with E-state index in [9.17, 15) is 4.79 Å². The molecule has 1 heterocycles. The Morgan fingerprint density at radius 1 is 1.12 bits per heavy atom. The van der Waals surface area contributed by atoms with Gasteiger partial charge in [-0.3, -0.25) is 4.79 Å². The van der Waals surface area contributed by atoms with Crippen molar-refractivity contribution in [2.24, 2.45) is 5.10 Å². The van der Waals surface area contributed by atoms with E-state index >= 15 is 0 Å². The quantitative estimate of drug-likeness (QED) is 0.572. The molecule has 3 rings (SSSR count). The lowest BCUT2D eigenvalue weighted by molar-refractivity contribution is 0.0954. The number of nitrogens with zero attached hydrogens (tertiary/aromatic N) is 2.